The molecule has 9 rings (SSSR count). The summed E-state index contributed by atoms with van der Waals surface area (Å²) in [4.78, 5) is 0. The topological polar surface area (TPSA) is 3.88 Å². The first kappa shape index (κ1) is 27.6. The molecule has 0 saturated heterocycles. The van der Waals surface area contributed by atoms with Crippen LogP contribution in [0.2, 0.25) is 0 Å². The Morgan fingerprint density at radius 1 is 0.468 bits per heavy atom. The Kier molecular flexibility index (Phi) is 6.43. The molecule has 0 fully saturated rings. The molecule has 0 bridgehead atoms. The van der Waals surface area contributed by atoms with Crippen LogP contribution in [0.15, 0.2) is 200 Å². The fourth-order valence-corrected chi connectivity index (χ4v) is 9.55. The van der Waals surface area contributed by atoms with Gasteiger partial charge in [0, 0.05) is 11.6 Å². The lowest BCUT2D eigenvalue weighted by Gasteiger charge is -2.55. The third-order valence-corrected chi connectivity index (χ3v) is 10.9. The van der Waals surface area contributed by atoms with Crippen LogP contribution < -0.4 is 9.94 Å². The second kappa shape index (κ2) is 11.0. The lowest BCUT2D eigenvalue weighted by atomic mass is 9.11. The molecule has 47 heavy (non-hydrogen) atoms. The predicted molar refractivity (Wildman–Crippen MR) is 195 cm³/mol. The van der Waals surface area contributed by atoms with E-state index in [-0.39, 0.29) is 5.82 Å². The van der Waals surface area contributed by atoms with Gasteiger partial charge in [0.1, 0.15) is 6.20 Å². The Bertz CT molecular complexity index is 2230. The zero-order valence-electron chi connectivity index (χ0n) is 26.2. The molecule has 2 heteroatoms. The summed E-state index contributed by atoms with van der Waals surface area (Å²) < 4.78 is 2.70. The number of allylic oxidation sites excluding steroid dienone is 2. The summed E-state index contributed by atoms with van der Waals surface area (Å²) >= 11 is 0. The van der Waals surface area contributed by atoms with Crippen molar-refractivity contribution in [2.24, 2.45) is 0 Å². The van der Waals surface area contributed by atoms with Crippen molar-refractivity contribution in [1.82, 2.24) is 0 Å². The molecular weight excluding hydrogens is 565 g/mol. The lowest BCUT2D eigenvalue weighted by Crippen LogP contribution is -2.84. The molecule has 3 heterocycles. The van der Waals surface area contributed by atoms with Gasteiger partial charge in [0.2, 0.25) is 0 Å². The SMILES string of the molecule is c1ccc(C2=C(c3ccccc3)[C@@]3(c4ccccc4)c4ccccc4-c4cccc[n+]4[B-]3(c3ccccc3)[C@H]2c2ccccc2)cc1. The zero-order valence-corrected chi connectivity index (χ0v) is 26.2. The number of benzene rings is 6. The number of hydrogen-bond acceptors (Lipinski definition) is 0. The molecule has 0 radical (unpaired) electrons. The minimum Gasteiger partial charge on any atom is -0.414 e. The lowest BCUT2D eigenvalue weighted by molar-refractivity contribution is -0.538. The molecule has 2 aliphatic rings. The van der Waals surface area contributed by atoms with Crippen LogP contribution in [0.5, 0.6) is 0 Å². The van der Waals surface area contributed by atoms with E-state index in [1.165, 1.54) is 55.7 Å². The van der Waals surface area contributed by atoms with Crippen molar-refractivity contribution in [2.45, 2.75) is 11.1 Å². The maximum Gasteiger partial charge on any atom is 0.335 e. The van der Waals surface area contributed by atoms with Crippen molar-refractivity contribution in [3.63, 3.8) is 0 Å². The maximum absolute atomic E-state index is 2.70. The van der Waals surface area contributed by atoms with Crippen LogP contribution in [0.1, 0.15) is 33.6 Å². The van der Waals surface area contributed by atoms with Gasteiger partial charge in [-0.1, -0.05) is 198 Å². The summed E-state index contributed by atoms with van der Waals surface area (Å²) in [6.07, 6.45) is 0.621. The molecule has 1 nitrogen and oxygen atoms in total. The highest BCUT2D eigenvalue weighted by molar-refractivity contribution is 6.94. The summed E-state index contributed by atoms with van der Waals surface area (Å²) in [6.45, 7) is 0. The molecule has 6 aromatic carbocycles. The average Bonchev–Trinajstić information content (AvgIpc) is 3.47. The minimum absolute atomic E-state index is 0.0101. The van der Waals surface area contributed by atoms with Crippen molar-refractivity contribution in [1.29, 1.82) is 0 Å². The quantitative estimate of drug-likeness (QED) is 0.174. The number of nitrogens with zero attached hydrogens (tertiary/aromatic N) is 1. The summed E-state index contributed by atoms with van der Waals surface area (Å²) in [5.41, 5.74) is 13.1. The Morgan fingerprint density at radius 2 is 1.00 bits per heavy atom. The first-order valence-electron chi connectivity index (χ1n) is 16.6. The van der Waals surface area contributed by atoms with Crippen molar-refractivity contribution in [3.8, 4) is 11.3 Å². The number of rotatable bonds is 5. The normalized spacial score (nSPS) is 21.1. The largest absolute Gasteiger partial charge is 0.414 e. The van der Waals surface area contributed by atoms with Gasteiger partial charge in [0.05, 0.1) is 0 Å². The zero-order chi connectivity index (χ0) is 31.3. The van der Waals surface area contributed by atoms with E-state index >= 15 is 0 Å². The van der Waals surface area contributed by atoms with Gasteiger partial charge in [-0.2, -0.15) is 0 Å². The van der Waals surface area contributed by atoms with E-state index in [0.29, 0.717) is 0 Å². The summed E-state index contributed by atoms with van der Waals surface area (Å²) in [5.74, 6) is 0.0101. The van der Waals surface area contributed by atoms with Gasteiger partial charge < -0.3 is 4.48 Å². The molecule has 0 aliphatic carbocycles. The molecule has 3 atom stereocenters. The number of aromatic nitrogens is 1. The Morgan fingerprint density at radius 3 is 1.68 bits per heavy atom. The van der Waals surface area contributed by atoms with E-state index in [9.17, 15) is 0 Å². The van der Waals surface area contributed by atoms with Crippen LogP contribution >= 0.6 is 0 Å². The first-order chi connectivity index (χ1) is 23.4. The third kappa shape index (κ3) is 3.76. The van der Waals surface area contributed by atoms with Crippen LogP contribution in [0.25, 0.3) is 22.4 Å². The van der Waals surface area contributed by atoms with Crippen LogP contribution in [0.4, 0.5) is 0 Å². The van der Waals surface area contributed by atoms with Gasteiger partial charge in [-0.3, -0.25) is 0 Å². The molecule has 7 aromatic rings. The summed E-state index contributed by atoms with van der Waals surface area (Å²) in [6, 6.07) is 72.4. The molecule has 1 aromatic heterocycles. The summed E-state index contributed by atoms with van der Waals surface area (Å²) in [7, 11) is 0. The van der Waals surface area contributed by atoms with E-state index < -0.39 is 11.6 Å². The smallest absolute Gasteiger partial charge is 0.335 e. The molecule has 0 spiro atoms. The van der Waals surface area contributed by atoms with Crippen LogP contribution in [-0.4, -0.2) is 6.28 Å². The second-order valence-corrected chi connectivity index (χ2v) is 12.9. The van der Waals surface area contributed by atoms with Crippen molar-refractivity contribution >= 4 is 22.9 Å². The van der Waals surface area contributed by atoms with Crippen molar-refractivity contribution in [3.05, 3.63) is 228 Å². The average molecular weight is 600 g/mol. The van der Waals surface area contributed by atoms with Gasteiger partial charge >= 0.3 is 6.28 Å². The molecule has 1 unspecified atom stereocenters. The fraction of sp³-hybridized carbons (Fsp3) is 0.0444. The number of pyridine rings is 1. The monoisotopic (exact) mass is 599 g/mol. The molecule has 2 aliphatic heterocycles. The van der Waals surface area contributed by atoms with Gasteiger partial charge in [-0.05, 0) is 40.0 Å². The molecule has 0 amide bonds. The first-order valence-corrected chi connectivity index (χ1v) is 16.6. The van der Waals surface area contributed by atoms with Gasteiger partial charge in [0.15, 0.2) is 5.69 Å². The van der Waals surface area contributed by atoms with E-state index in [1.54, 1.807) is 0 Å². The molecule has 0 saturated carbocycles. The molecule has 222 valence electrons. The van der Waals surface area contributed by atoms with Crippen molar-refractivity contribution < 1.29 is 4.48 Å². The molecule has 0 N–H and O–H groups in total. The standard InChI is InChI=1S/C45H34BN/c1-6-20-34(21-7-1)42-43(35-22-8-2-9-23-35)45(37-26-12-4-13-27-37)40-31-17-16-30-39(40)41-32-18-19-33-47(41)46(45,38-28-14-5-15-29-38)44(42)36-24-10-3-11-25-36/h1-33,44H/t44-,45+,46?/m0/s1. The van der Waals surface area contributed by atoms with Crippen molar-refractivity contribution in [2.75, 3.05) is 0 Å². The van der Waals surface area contributed by atoms with E-state index in [1.807, 2.05) is 0 Å². The van der Waals surface area contributed by atoms with E-state index in [2.05, 4.69) is 205 Å². The third-order valence-electron chi connectivity index (χ3n) is 10.9. The maximum atomic E-state index is 2.70. The Hall–Kier alpha value is -5.73. The van der Waals surface area contributed by atoms with Crippen LogP contribution in [-0.2, 0) is 5.31 Å². The molecular formula is C45H34BN. The highest BCUT2D eigenvalue weighted by Crippen LogP contribution is 2.66. The van der Waals surface area contributed by atoms with E-state index in [4.69, 9.17) is 0 Å². The number of fused-ring (bicyclic) bond motifs is 6. The van der Waals surface area contributed by atoms with Crippen LogP contribution in [0, 0.1) is 0 Å². The second-order valence-electron chi connectivity index (χ2n) is 12.9. The predicted octanol–water partition coefficient (Wildman–Crippen LogP) is 9.13. The van der Waals surface area contributed by atoms with Gasteiger partial charge in [-0.15, -0.1) is 5.46 Å². The minimum atomic E-state index is -1.74. The highest BCUT2D eigenvalue weighted by atomic mass is 15.0. The summed E-state index contributed by atoms with van der Waals surface area (Å²) in [5, 5.41) is -0.564. The fourth-order valence-electron chi connectivity index (χ4n) is 9.55. The highest BCUT2D eigenvalue weighted by Gasteiger charge is 2.71. The van der Waals surface area contributed by atoms with Gasteiger partial charge in [-0.25, -0.2) is 0 Å². The Balaban J connectivity index is 1.63. The number of hydrogen-bond donors (Lipinski definition) is 0. The Labute approximate surface area is 277 Å². The van der Waals surface area contributed by atoms with Gasteiger partial charge in [0.25, 0.3) is 0 Å². The van der Waals surface area contributed by atoms with E-state index in [0.717, 1.165) is 0 Å². The van der Waals surface area contributed by atoms with Crippen LogP contribution in [0.3, 0.4) is 0 Å².